The summed E-state index contributed by atoms with van der Waals surface area (Å²) in [5.41, 5.74) is 0.980. The molecule has 0 aliphatic heterocycles. The van der Waals surface area contributed by atoms with E-state index < -0.39 is 5.97 Å². The molecule has 0 bridgehead atoms. The third-order valence-corrected chi connectivity index (χ3v) is 3.09. The highest BCUT2D eigenvalue weighted by Crippen LogP contribution is 2.06. The number of carbonyl (C=O) groups excluding carboxylic acids is 1. The molecule has 0 fully saturated rings. The van der Waals surface area contributed by atoms with E-state index >= 15 is 0 Å². The van der Waals surface area contributed by atoms with Crippen molar-refractivity contribution in [2.75, 3.05) is 13.2 Å². The molecule has 1 unspecified atom stereocenters. The lowest BCUT2D eigenvalue weighted by Gasteiger charge is -2.26. The van der Waals surface area contributed by atoms with Crippen LogP contribution in [0.2, 0.25) is 0 Å². The van der Waals surface area contributed by atoms with Crippen LogP contribution in [0.15, 0.2) is 30.3 Å². The topological polar surface area (TPSA) is 66.8 Å². The second-order valence-corrected chi connectivity index (χ2v) is 4.65. The average molecular weight is 279 g/mol. The number of carbonyl (C=O) groups is 2. The van der Waals surface area contributed by atoms with Gasteiger partial charge < -0.3 is 14.7 Å². The summed E-state index contributed by atoms with van der Waals surface area (Å²) in [6, 6.07) is 9.42. The third-order valence-electron chi connectivity index (χ3n) is 3.09. The minimum absolute atomic E-state index is 0.105. The van der Waals surface area contributed by atoms with E-state index in [1.807, 2.05) is 44.2 Å². The molecule has 0 aromatic heterocycles. The summed E-state index contributed by atoms with van der Waals surface area (Å²) < 4.78 is 5.35. The molecule has 1 aromatic rings. The molecule has 5 nitrogen and oxygen atoms in total. The van der Waals surface area contributed by atoms with Crippen molar-refractivity contribution in [2.24, 2.45) is 0 Å². The second kappa shape index (κ2) is 8.32. The van der Waals surface area contributed by atoms with E-state index in [0.717, 1.165) is 5.56 Å². The first-order valence-corrected chi connectivity index (χ1v) is 6.67. The standard InChI is InChI=1S/C15H21NO4/c1-3-12(2)16(9-15(18)19)14(17)11-20-10-13-7-5-4-6-8-13/h4-8,12H,3,9-11H2,1-2H3,(H,18,19). The molecular formula is C15H21NO4. The van der Waals surface area contributed by atoms with Crippen LogP contribution in [0.4, 0.5) is 0 Å². The zero-order valence-corrected chi connectivity index (χ0v) is 11.9. The molecule has 1 amide bonds. The zero-order valence-electron chi connectivity index (χ0n) is 11.9. The molecule has 0 saturated heterocycles. The lowest BCUT2D eigenvalue weighted by Crippen LogP contribution is -2.43. The first kappa shape index (κ1) is 16.2. The van der Waals surface area contributed by atoms with Crippen LogP contribution in [0.1, 0.15) is 25.8 Å². The Morgan fingerprint density at radius 1 is 1.30 bits per heavy atom. The van der Waals surface area contributed by atoms with Crippen LogP contribution < -0.4 is 0 Å². The number of amides is 1. The van der Waals surface area contributed by atoms with Crippen LogP contribution in [0.3, 0.4) is 0 Å². The van der Waals surface area contributed by atoms with Crippen molar-refractivity contribution in [3.05, 3.63) is 35.9 Å². The monoisotopic (exact) mass is 279 g/mol. The number of carboxylic acids is 1. The van der Waals surface area contributed by atoms with E-state index in [4.69, 9.17) is 9.84 Å². The number of aliphatic carboxylic acids is 1. The van der Waals surface area contributed by atoms with Gasteiger partial charge in [-0.3, -0.25) is 9.59 Å². The highest BCUT2D eigenvalue weighted by atomic mass is 16.5. The number of ether oxygens (including phenoxy) is 1. The van der Waals surface area contributed by atoms with E-state index in [1.54, 1.807) is 0 Å². The first-order valence-electron chi connectivity index (χ1n) is 6.67. The van der Waals surface area contributed by atoms with Gasteiger partial charge in [-0.1, -0.05) is 37.3 Å². The number of hydrogen-bond donors (Lipinski definition) is 1. The Morgan fingerprint density at radius 3 is 2.50 bits per heavy atom. The molecule has 0 saturated carbocycles. The highest BCUT2D eigenvalue weighted by Gasteiger charge is 2.21. The summed E-state index contributed by atoms with van der Waals surface area (Å²) in [5.74, 6) is -1.31. The summed E-state index contributed by atoms with van der Waals surface area (Å²) in [7, 11) is 0. The molecule has 0 radical (unpaired) electrons. The fourth-order valence-corrected chi connectivity index (χ4v) is 1.77. The van der Waals surface area contributed by atoms with E-state index in [0.29, 0.717) is 13.0 Å². The van der Waals surface area contributed by atoms with Crippen molar-refractivity contribution in [1.29, 1.82) is 0 Å². The number of hydrogen-bond acceptors (Lipinski definition) is 3. The number of carboxylic acid groups (broad SMARTS) is 1. The Balaban J connectivity index is 2.47. The fourth-order valence-electron chi connectivity index (χ4n) is 1.77. The van der Waals surface area contributed by atoms with Crippen LogP contribution in [0.5, 0.6) is 0 Å². The Kier molecular flexibility index (Phi) is 6.73. The zero-order chi connectivity index (χ0) is 15.0. The molecule has 0 spiro atoms. The Hall–Kier alpha value is -1.88. The SMILES string of the molecule is CCC(C)N(CC(=O)O)C(=O)COCc1ccccc1. The predicted octanol–water partition coefficient (Wildman–Crippen LogP) is 1.91. The minimum Gasteiger partial charge on any atom is -0.480 e. The molecule has 1 aromatic carbocycles. The van der Waals surface area contributed by atoms with Gasteiger partial charge in [0.25, 0.3) is 0 Å². The third kappa shape index (κ3) is 5.40. The molecule has 0 aliphatic carbocycles. The van der Waals surface area contributed by atoms with Crippen molar-refractivity contribution in [3.63, 3.8) is 0 Å². The van der Waals surface area contributed by atoms with Crippen molar-refractivity contribution < 1.29 is 19.4 Å². The molecular weight excluding hydrogens is 258 g/mol. The maximum Gasteiger partial charge on any atom is 0.323 e. The second-order valence-electron chi connectivity index (χ2n) is 4.65. The Labute approximate surface area is 119 Å². The van der Waals surface area contributed by atoms with Gasteiger partial charge in [0.1, 0.15) is 13.2 Å². The van der Waals surface area contributed by atoms with Crippen LogP contribution >= 0.6 is 0 Å². The molecule has 20 heavy (non-hydrogen) atoms. The lowest BCUT2D eigenvalue weighted by molar-refractivity contribution is -0.148. The van der Waals surface area contributed by atoms with Gasteiger partial charge >= 0.3 is 5.97 Å². The van der Waals surface area contributed by atoms with Gasteiger partial charge in [0.05, 0.1) is 6.61 Å². The van der Waals surface area contributed by atoms with Crippen molar-refractivity contribution >= 4 is 11.9 Å². The van der Waals surface area contributed by atoms with Crippen LogP contribution in [0.25, 0.3) is 0 Å². The van der Waals surface area contributed by atoms with Gasteiger partial charge in [-0.05, 0) is 18.9 Å². The van der Waals surface area contributed by atoms with Gasteiger partial charge in [-0.15, -0.1) is 0 Å². The van der Waals surface area contributed by atoms with E-state index in [-0.39, 0.29) is 25.1 Å². The molecule has 5 heteroatoms. The maximum atomic E-state index is 12.0. The van der Waals surface area contributed by atoms with E-state index in [1.165, 1.54) is 4.90 Å². The van der Waals surface area contributed by atoms with Gasteiger partial charge in [0.2, 0.25) is 5.91 Å². The van der Waals surface area contributed by atoms with Crippen LogP contribution in [-0.4, -0.2) is 41.1 Å². The van der Waals surface area contributed by atoms with E-state index in [2.05, 4.69) is 0 Å². The van der Waals surface area contributed by atoms with E-state index in [9.17, 15) is 9.59 Å². The number of benzene rings is 1. The lowest BCUT2D eigenvalue weighted by atomic mass is 10.2. The van der Waals surface area contributed by atoms with Crippen molar-refractivity contribution in [2.45, 2.75) is 32.9 Å². The van der Waals surface area contributed by atoms with Crippen LogP contribution in [-0.2, 0) is 20.9 Å². The normalized spacial score (nSPS) is 11.9. The summed E-state index contributed by atoms with van der Waals surface area (Å²) in [4.78, 5) is 24.1. The fraction of sp³-hybridized carbons (Fsp3) is 0.467. The van der Waals surface area contributed by atoms with Crippen molar-refractivity contribution in [3.8, 4) is 0 Å². The Morgan fingerprint density at radius 2 is 1.95 bits per heavy atom. The summed E-state index contributed by atoms with van der Waals surface area (Å²) in [5, 5.41) is 8.85. The highest BCUT2D eigenvalue weighted by molar-refractivity contribution is 5.82. The number of nitrogens with zero attached hydrogens (tertiary/aromatic N) is 1. The molecule has 1 rings (SSSR count). The van der Waals surface area contributed by atoms with Gasteiger partial charge in [-0.2, -0.15) is 0 Å². The minimum atomic E-state index is -1.01. The van der Waals surface area contributed by atoms with Gasteiger partial charge in [0.15, 0.2) is 0 Å². The van der Waals surface area contributed by atoms with Gasteiger partial charge in [0, 0.05) is 6.04 Å². The molecule has 1 atom stereocenters. The molecule has 0 heterocycles. The average Bonchev–Trinajstić information content (AvgIpc) is 2.44. The smallest absolute Gasteiger partial charge is 0.323 e. The van der Waals surface area contributed by atoms with Crippen LogP contribution in [0, 0.1) is 0 Å². The Bertz CT molecular complexity index is 433. The summed E-state index contributed by atoms with van der Waals surface area (Å²) >= 11 is 0. The van der Waals surface area contributed by atoms with Crippen molar-refractivity contribution in [1.82, 2.24) is 4.90 Å². The first-order chi connectivity index (χ1) is 9.54. The molecule has 110 valence electrons. The molecule has 1 N–H and O–H groups in total. The number of rotatable bonds is 8. The molecule has 0 aliphatic rings. The predicted molar refractivity (Wildman–Crippen MR) is 75.2 cm³/mol. The summed E-state index contributed by atoms with van der Waals surface area (Å²) in [6.07, 6.45) is 0.706. The largest absolute Gasteiger partial charge is 0.480 e. The maximum absolute atomic E-state index is 12.0. The summed E-state index contributed by atoms with van der Waals surface area (Å²) in [6.45, 7) is 3.69. The quantitative estimate of drug-likeness (QED) is 0.789. The van der Waals surface area contributed by atoms with Gasteiger partial charge in [-0.25, -0.2) is 0 Å².